The van der Waals surface area contributed by atoms with Gasteiger partial charge in [0.2, 0.25) is 0 Å². The number of hydrogen-bond acceptors (Lipinski definition) is 4. The van der Waals surface area contributed by atoms with Crippen molar-refractivity contribution in [2.75, 3.05) is 25.2 Å². The largest absolute Gasteiger partial charge is 0.497 e. The summed E-state index contributed by atoms with van der Waals surface area (Å²) in [5.74, 6) is 3.49. The number of ether oxygens (including phenoxy) is 1. The highest BCUT2D eigenvalue weighted by Crippen LogP contribution is 2.39. The van der Waals surface area contributed by atoms with Crippen molar-refractivity contribution in [3.8, 4) is 5.75 Å². The van der Waals surface area contributed by atoms with E-state index in [0.717, 1.165) is 12.3 Å². The summed E-state index contributed by atoms with van der Waals surface area (Å²) in [6.07, 6.45) is 0. The van der Waals surface area contributed by atoms with Crippen molar-refractivity contribution in [3.63, 3.8) is 0 Å². The van der Waals surface area contributed by atoms with Crippen LogP contribution in [0.3, 0.4) is 0 Å². The Morgan fingerprint density at radius 3 is 2.70 bits per heavy atom. The fraction of sp³-hybridized carbons (Fsp3) is 0.625. The third-order valence-corrected chi connectivity index (χ3v) is 7.00. The number of hydrogen-bond donors (Lipinski definition) is 1. The first-order valence-electron chi connectivity index (χ1n) is 7.28. The van der Waals surface area contributed by atoms with E-state index in [1.807, 2.05) is 0 Å². The summed E-state index contributed by atoms with van der Waals surface area (Å²) in [7, 11) is 1.73. The van der Waals surface area contributed by atoms with Crippen molar-refractivity contribution >= 4 is 23.5 Å². The first kappa shape index (κ1) is 16.1. The van der Waals surface area contributed by atoms with E-state index >= 15 is 0 Å². The first-order valence-corrected chi connectivity index (χ1v) is 9.38. The third-order valence-electron chi connectivity index (χ3n) is 3.80. The molecule has 2 rings (SSSR count). The van der Waals surface area contributed by atoms with Crippen molar-refractivity contribution in [2.24, 2.45) is 0 Å². The fourth-order valence-electron chi connectivity index (χ4n) is 2.76. The molecule has 0 aromatic heterocycles. The molecule has 1 aliphatic rings. The third kappa shape index (κ3) is 3.66. The number of aryl methyl sites for hydroxylation is 1. The standard InChI is InChI=1S/C16H25NOS2/c1-5-17-15(16-12(3)19-8-9-20-16)14-7-6-13(18-4)10-11(14)2/h6-7,10,12,15-17H,5,8-9H2,1-4H3. The highest BCUT2D eigenvalue weighted by Gasteiger charge is 2.31. The SMILES string of the molecule is CCNC(c1ccc(OC)cc1C)C1SCCSC1C. The van der Waals surface area contributed by atoms with E-state index < -0.39 is 0 Å². The second-order valence-corrected chi connectivity index (χ2v) is 7.94. The summed E-state index contributed by atoms with van der Waals surface area (Å²) < 4.78 is 5.33. The average Bonchev–Trinajstić information content (AvgIpc) is 2.46. The van der Waals surface area contributed by atoms with Crippen LogP contribution in [-0.4, -0.2) is 35.7 Å². The Balaban J connectivity index is 2.27. The van der Waals surface area contributed by atoms with E-state index in [1.54, 1.807) is 7.11 Å². The molecule has 20 heavy (non-hydrogen) atoms. The maximum Gasteiger partial charge on any atom is 0.119 e. The predicted molar refractivity (Wildman–Crippen MR) is 92.3 cm³/mol. The Kier molecular flexibility index (Phi) is 6.12. The zero-order valence-electron chi connectivity index (χ0n) is 12.8. The minimum Gasteiger partial charge on any atom is -0.497 e. The lowest BCUT2D eigenvalue weighted by atomic mass is 9.96. The van der Waals surface area contributed by atoms with Crippen LogP contribution in [0, 0.1) is 6.92 Å². The van der Waals surface area contributed by atoms with E-state index in [1.165, 1.54) is 22.6 Å². The van der Waals surface area contributed by atoms with Gasteiger partial charge in [-0.1, -0.05) is 19.9 Å². The summed E-state index contributed by atoms with van der Waals surface area (Å²) in [6, 6.07) is 6.88. The van der Waals surface area contributed by atoms with Gasteiger partial charge in [-0.3, -0.25) is 0 Å². The van der Waals surface area contributed by atoms with Crippen LogP contribution in [0.4, 0.5) is 0 Å². The lowest BCUT2D eigenvalue weighted by molar-refractivity contribution is 0.413. The highest BCUT2D eigenvalue weighted by molar-refractivity contribution is 8.07. The normalized spacial score (nSPS) is 24.4. The molecule has 4 heteroatoms. The first-order chi connectivity index (χ1) is 9.67. The van der Waals surface area contributed by atoms with Crippen LogP contribution in [0.1, 0.15) is 31.0 Å². The van der Waals surface area contributed by atoms with Crippen LogP contribution >= 0.6 is 23.5 Å². The van der Waals surface area contributed by atoms with Gasteiger partial charge in [0.25, 0.3) is 0 Å². The molecule has 112 valence electrons. The van der Waals surface area contributed by atoms with Gasteiger partial charge in [-0.25, -0.2) is 0 Å². The molecule has 3 atom stereocenters. The summed E-state index contributed by atoms with van der Waals surface area (Å²) >= 11 is 4.22. The second kappa shape index (κ2) is 7.62. The summed E-state index contributed by atoms with van der Waals surface area (Å²) in [6.45, 7) is 7.75. The smallest absolute Gasteiger partial charge is 0.119 e. The molecular formula is C16H25NOS2. The van der Waals surface area contributed by atoms with Crippen molar-refractivity contribution < 1.29 is 4.74 Å². The van der Waals surface area contributed by atoms with E-state index in [9.17, 15) is 0 Å². The van der Waals surface area contributed by atoms with E-state index in [-0.39, 0.29) is 0 Å². The number of benzene rings is 1. The van der Waals surface area contributed by atoms with Gasteiger partial charge in [0.05, 0.1) is 7.11 Å². The molecule has 0 saturated carbocycles. The van der Waals surface area contributed by atoms with E-state index in [0.29, 0.717) is 16.5 Å². The fourth-order valence-corrected chi connectivity index (χ4v) is 5.70. The zero-order chi connectivity index (χ0) is 14.5. The van der Waals surface area contributed by atoms with Gasteiger partial charge < -0.3 is 10.1 Å². The summed E-state index contributed by atoms with van der Waals surface area (Å²) in [5.41, 5.74) is 2.73. The molecule has 1 fully saturated rings. The molecule has 0 aliphatic carbocycles. The highest BCUT2D eigenvalue weighted by atomic mass is 32.2. The average molecular weight is 312 g/mol. The number of methoxy groups -OCH3 is 1. The topological polar surface area (TPSA) is 21.3 Å². The molecule has 1 heterocycles. The molecule has 1 saturated heterocycles. The minimum absolute atomic E-state index is 0.429. The van der Waals surface area contributed by atoms with Crippen LogP contribution in [0.5, 0.6) is 5.75 Å². The quantitative estimate of drug-likeness (QED) is 0.890. The second-order valence-electron chi connectivity index (χ2n) is 5.17. The zero-order valence-corrected chi connectivity index (χ0v) is 14.4. The van der Waals surface area contributed by atoms with Gasteiger partial charge in [0.1, 0.15) is 5.75 Å². The Bertz CT molecular complexity index is 438. The molecule has 1 aromatic rings. The van der Waals surface area contributed by atoms with Crippen molar-refractivity contribution in [1.82, 2.24) is 5.32 Å². The van der Waals surface area contributed by atoms with E-state index in [2.05, 4.69) is 67.8 Å². The van der Waals surface area contributed by atoms with Crippen LogP contribution in [0.2, 0.25) is 0 Å². The Labute approximate surface area is 131 Å². The van der Waals surface area contributed by atoms with Gasteiger partial charge in [0.15, 0.2) is 0 Å². The van der Waals surface area contributed by atoms with Crippen LogP contribution in [0.15, 0.2) is 18.2 Å². The predicted octanol–water partition coefficient (Wildman–Crippen LogP) is 3.89. The van der Waals surface area contributed by atoms with Gasteiger partial charge in [0, 0.05) is 28.0 Å². The van der Waals surface area contributed by atoms with Gasteiger partial charge in [-0.2, -0.15) is 23.5 Å². The monoisotopic (exact) mass is 311 g/mol. The van der Waals surface area contributed by atoms with Crippen molar-refractivity contribution in [2.45, 2.75) is 37.3 Å². The molecule has 0 radical (unpaired) electrons. The summed E-state index contributed by atoms with van der Waals surface area (Å²) in [4.78, 5) is 0. The lowest BCUT2D eigenvalue weighted by Gasteiger charge is -2.36. The molecule has 1 aromatic carbocycles. The van der Waals surface area contributed by atoms with E-state index in [4.69, 9.17) is 4.74 Å². The Hall–Kier alpha value is -0.320. The maximum atomic E-state index is 5.33. The number of thioether (sulfide) groups is 2. The van der Waals surface area contributed by atoms with Crippen molar-refractivity contribution in [1.29, 1.82) is 0 Å². The van der Waals surface area contributed by atoms with Crippen LogP contribution in [-0.2, 0) is 0 Å². The molecule has 0 spiro atoms. The van der Waals surface area contributed by atoms with Crippen molar-refractivity contribution in [3.05, 3.63) is 29.3 Å². The maximum absolute atomic E-state index is 5.33. The molecule has 0 amide bonds. The van der Waals surface area contributed by atoms with Gasteiger partial charge in [-0.15, -0.1) is 0 Å². The summed E-state index contributed by atoms with van der Waals surface area (Å²) in [5, 5.41) is 5.04. The van der Waals surface area contributed by atoms with Crippen LogP contribution < -0.4 is 10.1 Å². The Morgan fingerprint density at radius 2 is 2.10 bits per heavy atom. The lowest BCUT2D eigenvalue weighted by Crippen LogP contribution is -2.38. The molecule has 3 unspecified atom stereocenters. The minimum atomic E-state index is 0.429. The Morgan fingerprint density at radius 1 is 1.35 bits per heavy atom. The molecule has 1 aliphatic heterocycles. The molecule has 2 nitrogen and oxygen atoms in total. The van der Waals surface area contributed by atoms with Crippen LogP contribution in [0.25, 0.3) is 0 Å². The van der Waals surface area contributed by atoms with Gasteiger partial charge >= 0.3 is 0 Å². The molecular weight excluding hydrogens is 286 g/mol. The molecule has 0 bridgehead atoms. The number of nitrogens with one attached hydrogen (secondary N) is 1. The molecule has 1 N–H and O–H groups in total. The number of rotatable bonds is 5. The van der Waals surface area contributed by atoms with Gasteiger partial charge in [-0.05, 0) is 36.7 Å².